The number of aliphatic hydroxyl groups is 1. The van der Waals surface area contributed by atoms with E-state index in [1.807, 2.05) is 18.7 Å². The zero-order valence-electron chi connectivity index (χ0n) is 8.84. The summed E-state index contributed by atoms with van der Waals surface area (Å²) in [4.78, 5) is 0. The van der Waals surface area contributed by atoms with Crippen LogP contribution in [-0.4, -0.2) is 27.8 Å². The van der Waals surface area contributed by atoms with Gasteiger partial charge in [0.1, 0.15) is 0 Å². The lowest BCUT2D eigenvalue weighted by Crippen LogP contribution is -2.63. The van der Waals surface area contributed by atoms with Gasteiger partial charge in [0, 0.05) is 5.54 Å². The Kier molecular flexibility index (Phi) is 3.31. The van der Waals surface area contributed by atoms with Gasteiger partial charge in [-0.3, -0.25) is 0 Å². The van der Waals surface area contributed by atoms with Crippen LogP contribution in [0.25, 0.3) is 0 Å². The molecule has 3 N–H and O–H groups in total. The van der Waals surface area contributed by atoms with E-state index in [1.165, 1.54) is 0 Å². The van der Waals surface area contributed by atoms with Gasteiger partial charge in [-0.15, -0.1) is 0 Å². The summed E-state index contributed by atoms with van der Waals surface area (Å²) in [5.74, 6) is 2.40. The molecule has 1 aliphatic heterocycles. The van der Waals surface area contributed by atoms with E-state index in [-0.39, 0.29) is 0 Å². The summed E-state index contributed by atoms with van der Waals surface area (Å²) in [5.41, 5.74) is 5.11. The Labute approximate surface area is 85.3 Å². The minimum Gasteiger partial charge on any atom is -0.388 e. The van der Waals surface area contributed by atoms with Crippen LogP contribution >= 0.6 is 11.8 Å². The van der Waals surface area contributed by atoms with E-state index >= 15 is 0 Å². The predicted octanol–water partition coefficient (Wildman–Crippen LogP) is 1.62. The molecule has 0 aromatic carbocycles. The van der Waals surface area contributed by atoms with Gasteiger partial charge in [-0.25, -0.2) is 0 Å². The van der Waals surface area contributed by atoms with Gasteiger partial charge >= 0.3 is 0 Å². The van der Waals surface area contributed by atoms with Crippen molar-refractivity contribution < 1.29 is 5.11 Å². The molecule has 1 heterocycles. The Morgan fingerprint density at radius 2 is 1.85 bits per heavy atom. The summed E-state index contributed by atoms with van der Waals surface area (Å²) in [7, 11) is 0. The molecule has 0 spiro atoms. The number of hydrogen-bond acceptors (Lipinski definition) is 3. The highest BCUT2D eigenvalue weighted by atomic mass is 32.2. The van der Waals surface area contributed by atoms with Crippen LogP contribution in [0.2, 0.25) is 0 Å². The Morgan fingerprint density at radius 1 is 1.38 bits per heavy atom. The van der Waals surface area contributed by atoms with Crippen LogP contribution in [0.15, 0.2) is 0 Å². The van der Waals surface area contributed by atoms with E-state index in [0.29, 0.717) is 5.92 Å². The molecule has 0 aromatic rings. The first kappa shape index (κ1) is 11.3. The lowest BCUT2D eigenvalue weighted by Gasteiger charge is -2.47. The second kappa shape index (κ2) is 3.79. The first-order valence-electron chi connectivity index (χ1n) is 4.99. The molecule has 1 unspecified atom stereocenters. The lowest BCUT2D eigenvalue weighted by atomic mass is 9.71. The summed E-state index contributed by atoms with van der Waals surface area (Å²) in [6.45, 7) is 6.15. The number of rotatable bonds is 2. The SMILES string of the molecule is CC(C)C(C)(N)C1(O)CCSCC1. The smallest absolute Gasteiger partial charge is 0.0841 e. The maximum atomic E-state index is 10.4. The molecule has 0 aliphatic carbocycles. The summed E-state index contributed by atoms with van der Waals surface area (Å²) in [5, 5.41) is 10.4. The van der Waals surface area contributed by atoms with Crippen LogP contribution in [0.5, 0.6) is 0 Å². The Balaban J connectivity index is 2.76. The Bertz CT molecular complexity index is 174. The topological polar surface area (TPSA) is 46.2 Å². The van der Waals surface area contributed by atoms with Crippen LogP contribution in [0.1, 0.15) is 33.6 Å². The summed E-state index contributed by atoms with van der Waals surface area (Å²) in [6, 6.07) is 0. The zero-order valence-corrected chi connectivity index (χ0v) is 9.66. The van der Waals surface area contributed by atoms with Gasteiger partial charge in [-0.05, 0) is 37.2 Å². The molecular formula is C10H21NOS. The Morgan fingerprint density at radius 3 is 2.23 bits per heavy atom. The van der Waals surface area contributed by atoms with Crippen molar-refractivity contribution in [1.82, 2.24) is 0 Å². The largest absolute Gasteiger partial charge is 0.388 e. The lowest BCUT2D eigenvalue weighted by molar-refractivity contribution is -0.0542. The van der Waals surface area contributed by atoms with Crippen LogP contribution in [0, 0.1) is 5.92 Å². The fourth-order valence-corrected chi connectivity index (χ4v) is 2.95. The molecule has 0 amide bonds. The van der Waals surface area contributed by atoms with Crippen LogP contribution < -0.4 is 5.73 Å². The Hall–Kier alpha value is 0.270. The van der Waals surface area contributed by atoms with Gasteiger partial charge in [0.2, 0.25) is 0 Å². The molecule has 1 rings (SSSR count). The van der Waals surface area contributed by atoms with Crippen molar-refractivity contribution in [2.24, 2.45) is 11.7 Å². The van der Waals surface area contributed by atoms with E-state index < -0.39 is 11.1 Å². The molecule has 78 valence electrons. The molecule has 1 atom stereocenters. The third kappa shape index (κ3) is 2.03. The average Bonchev–Trinajstić information content (AvgIpc) is 2.05. The number of thioether (sulfide) groups is 1. The predicted molar refractivity (Wildman–Crippen MR) is 58.9 cm³/mol. The molecule has 0 bridgehead atoms. The molecule has 1 saturated heterocycles. The standard InChI is InChI=1S/C10H21NOS/c1-8(2)9(3,11)10(12)4-6-13-7-5-10/h8,12H,4-7,11H2,1-3H3. The molecule has 0 aromatic heterocycles. The van der Waals surface area contributed by atoms with Crippen LogP contribution in [0.4, 0.5) is 0 Å². The third-order valence-electron chi connectivity index (χ3n) is 3.52. The second-order valence-electron chi connectivity index (χ2n) is 4.58. The van der Waals surface area contributed by atoms with Gasteiger partial charge in [0.25, 0.3) is 0 Å². The molecular weight excluding hydrogens is 182 g/mol. The van der Waals surface area contributed by atoms with Crippen LogP contribution in [0.3, 0.4) is 0 Å². The second-order valence-corrected chi connectivity index (χ2v) is 5.81. The minimum absolute atomic E-state index is 0.320. The normalized spacial score (nSPS) is 27.2. The van der Waals surface area contributed by atoms with Crippen LogP contribution in [-0.2, 0) is 0 Å². The summed E-state index contributed by atoms with van der Waals surface area (Å²) < 4.78 is 0. The molecule has 3 heteroatoms. The zero-order chi connectivity index (χ0) is 10.1. The highest BCUT2D eigenvalue weighted by molar-refractivity contribution is 7.99. The van der Waals surface area contributed by atoms with E-state index in [1.54, 1.807) is 0 Å². The molecule has 1 fully saturated rings. The van der Waals surface area contributed by atoms with Crippen molar-refractivity contribution in [3.8, 4) is 0 Å². The van der Waals surface area contributed by atoms with Gasteiger partial charge in [-0.1, -0.05) is 13.8 Å². The molecule has 0 radical (unpaired) electrons. The highest BCUT2D eigenvalue weighted by Gasteiger charge is 2.46. The number of hydrogen-bond donors (Lipinski definition) is 2. The first-order chi connectivity index (χ1) is 5.90. The molecule has 2 nitrogen and oxygen atoms in total. The van der Waals surface area contributed by atoms with Crippen molar-refractivity contribution in [3.05, 3.63) is 0 Å². The van der Waals surface area contributed by atoms with E-state index in [4.69, 9.17) is 5.73 Å². The van der Waals surface area contributed by atoms with Crippen molar-refractivity contribution in [2.75, 3.05) is 11.5 Å². The number of nitrogens with two attached hydrogens (primary N) is 1. The molecule has 1 aliphatic rings. The van der Waals surface area contributed by atoms with Gasteiger partial charge in [0.15, 0.2) is 0 Å². The third-order valence-corrected chi connectivity index (χ3v) is 4.51. The van der Waals surface area contributed by atoms with Gasteiger partial charge < -0.3 is 10.8 Å². The fraction of sp³-hybridized carbons (Fsp3) is 1.00. The molecule has 0 saturated carbocycles. The van der Waals surface area contributed by atoms with Crippen molar-refractivity contribution in [3.63, 3.8) is 0 Å². The van der Waals surface area contributed by atoms with E-state index in [2.05, 4.69) is 13.8 Å². The van der Waals surface area contributed by atoms with Gasteiger partial charge in [0.05, 0.1) is 5.60 Å². The maximum Gasteiger partial charge on any atom is 0.0841 e. The molecule has 13 heavy (non-hydrogen) atoms. The highest BCUT2D eigenvalue weighted by Crippen LogP contribution is 2.37. The van der Waals surface area contributed by atoms with Crippen molar-refractivity contribution in [2.45, 2.75) is 44.8 Å². The minimum atomic E-state index is -0.646. The average molecular weight is 203 g/mol. The summed E-state index contributed by atoms with van der Waals surface area (Å²) in [6.07, 6.45) is 1.67. The van der Waals surface area contributed by atoms with Gasteiger partial charge in [-0.2, -0.15) is 11.8 Å². The van der Waals surface area contributed by atoms with E-state index in [9.17, 15) is 5.11 Å². The maximum absolute atomic E-state index is 10.4. The summed E-state index contributed by atoms with van der Waals surface area (Å²) >= 11 is 1.91. The monoisotopic (exact) mass is 203 g/mol. The first-order valence-corrected chi connectivity index (χ1v) is 6.14. The quantitative estimate of drug-likeness (QED) is 0.717. The van der Waals surface area contributed by atoms with Crippen molar-refractivity contribution >= 4 is 11.8 Å². The van der Waals surface area contributed by atoms with Crippen molar-refractivity contribution in [1.29, 1.82) is 0 Å². The fourth-order valence-electron chi connectivity index (χ4n) is 1.79. The van der Waals surface area contributed by atoms with E-state index in [0.717, 1.165) is 24.3 Å².